The molecule has 7 rings (SSSR count). The zero-order valence-corrected chi connectivity index (χ0v) is 34.7. The number of fused-ring (bicyclic) bond motifs is 3. The molecule has 14 nitrogen and oxygen atoms in total. The van der Waals surface area contributed by atoms with Crippen molar-refractivity contribution in [1.82, 2.24) is 19.9 Å². The number of allylic oxidation sites excluding steroid dienone is 2. The number of ether oxygens (including phenoxy) is 4. The molecule has 0 unspecified atom stereocenters. The minimum atomic E-state index is -3.96. The zero-order chi connectivity index (χ0) is 40.9. The summed E-state index contributed by atoms with van der Waals surface area (Å²) in [7, 11) is -2.37. The van der Waals surface area contributed by atoms with E-state index in [-0.39, 0.29) is 37.2 Å². The van der Waals surface area contributed by atoms with E-state index >= 15 is 0 Å². The third-order valence-corrected chi connectivity index (χ3v) is 14.2. The molecule has 2 aromatic rings. The van der Waals surface area contributed by atoms with Crippen LogP contribution < -0.4 is 24.2 Å². The van der Waals surface area contributed by atoms with Gasteiger partial charge in [0.25, 0.3) is 0 Å². The van der Waals surface area contributed by atoms with Gasteiger partial charge in [-0.05, 0) is 104 Å². The Balaban J connectivity index is 1.22. The van der Waals surface area contributed by atoms with Crippen LogP contribution in [0.15, 0.2) is 30.4 Å². The minimum Gasteiger partial charge on any atom is -0.496 e. The van der Waals surface area contributed by atoms with Crippen LogP contribution in [0, 0.1) is 18.3 Å². The number of carbonyl (C=O) groups excluding carboxylic acids is 4. The first-order chi connectivity index (χ1) is 26.9. The molecule has 0 spiro atoms. The average Bonchev–Trinajstić information content (AvgIpc) is 4.09. The van der Waals surface area contributed by atoms with Gasteiger partial charge in [-0.3, -0.25) is 19.1 Å². The topological polar surface area (TPSA) is 180 Å². The molecule has 3 saturated carbocycles. The lowest BCUT2D eigenvalue weighted by Gasteiger charge is -2.30. The Morgan fingerprint density at radius 3 is 2.44 bits per heavy atom. The fourth-order valence-corrected chi connectivity index (χ4v) is 9.34. The number of carbonyl (C=O) groups is 4. The Morgan fingerprint density at radius 2 is 1.75 bits per heavy atom. The van der Waals surface area contributed by atoms with Crippen molar-refractivity contribution in [2.24, 2.45) is 11.3 Å². The van der Waals surface area contributed by atoms with E-state index in [1.54, 1.807) is 40.9 Å². The van der Waals surface area contributed by atoms with Crippen LogP contribution in [0.1, 0.15) is 110 Å². The van der Waals surface area contributed by atoms with E-state index in [1.165, 1.54) is 4.90 Å². The molecular formula is C42H56N4O10S. The summed E-state index contributed by atoms with van der Waals surface area (Å²) in [6.07, 6.45) is 8.77. The summed E-state index contributed by atoms with van der Waals surface area (Å²) < 4.78 is 51.7. The highest BCUT2D eigenvalue weighted by Gasteiger charge is 2.62. The Morgan fingerprint density at radius 1 is 1.00 bits per heavy atom. The summed E-state index contributed by atoms with van der Waals surface area (Å²) in [4.78, 5) is 62.7. The lowest BCUT2D eigenvalue weighted by atomic mass is 9.91. The second kappa shape index (κ2) is 15.4. The molecule has 5 aliphatic rings. The smallest absolute Gasteiger partial charge is 0.408 e. The molecule has 3 aliphatic carbocycles. The maximum absolute atomic E-state index is 14.7. The van der Waals surface area contributed by atoms with Crippen molar-refractivity contribution in [3.8, 4) is 17.4 Å². The molecule has 0 radical (unpaired) electrons. The molecule has 1 saturated heterocycles. The van der Waals surface area contributed by atoms with Gasteiger partial charge in [-0.25, -0.2) is 18.2 Å². The molecule has 1 aromatic carbocycles. The van der Waals surface area contributed by atoms with E-state index in [4.69, 9.17) is 23.9 Å². The monoisotopic (exact) mass is 808 g/mol. The number of sulfonamides is 1. The van der Waals surface area contributed by atoms with E-state index in [9.17, 15) is 27.6 Å². The van der Waals surface area contributed by atoms with Gasteiger partial charge in [-0.15, -0.1) is 0 Å². The third-order valence-electron chi connectivity index (χ3n) is 12.0. The van der Waals surface area contributed by atoms with Crippen molar-refractivity contribution < 1.29 is 46.5 Å². The van der Waals surface area contributed by atoms with Gasteiger partial charge in [0.1, 0.15) is 35.3 Å². The van der Waals surface area contributed by atoms with Gasteiger partial charge in [0.2, 0.25) is 27.7 Å². The fourth-order valence-electron chi connectivity index (χ4n) is 8.01. The number of ketones is 1. The number of amides is 3. The van der Waals surface area contributed by atoms with E-state index in [1.807, 2.05) is 31.2 Å². The molecule has 0 bridgehead atoms. The maximum Gasteiger partial charge on any atom is 0.408 e. The minimum absolute atomic E-state index is 0.0226. The molecular weight excluding hydrogens is 753 g/mol. The second-order valence-electron chi connectivity index (χ2n) is 17.8. The molecule has 5 atom stereocenters. The summed E-state index contributed by atoms with van der Waals surface area (Å²) in [6.45, 7) is 8.76. The van der Waals surface area contributed by atoms with Crippen molar-refractivity contribution in [3.05, 3.63) is 35.9 Å². The predicted octanol–water partition coefficient (Wildman–Crippen LogP) is 5.82. The van der Waals surface area contributed by atoms with E-state index in [0.717, 1.165) is 31.2 Å². The first kappa shape index (κ1) is 40.8. The summed E-state index contributed by atoms with van der Waals surface area (Å²) in [5.74, 6) is -0.324. The normalized spacial score (nSPS) is 28.2. The number of benzene rings is 1. The van der Waals surface area contributed by atoms with Crippen LogP contribution in [0.2, 0.25) is 0 Å². The van der Waals surface area contributed by atoms with Crippen LogP contribution in [0.5, 0.6) is 17.4 Å². The first-order valence-corrected chi connectivity index (χ1v) is 21.8. The average molecular weight is 809 g/mol. The van der Waals surface area contributed by atoms with E-state index in [0.29, 0.717) is 66.8 Å². The van der Waals surface area contributed by atoms with E-state index < -0.39 is 61.9 Å². The van der Waals surface area contributed by atoms with Crippen molar-refractivity contribution in [1.29, 1.82) is 0 Å². The van der Waals surface area contributed by atoms with Crippen molar-refractivity contribution >= 4 is 44.6 Å². The molecule has 3 amide bonds. The number of alkyl carbamates (subject to hydrolysis) is 1. The van der Waals surface area contributed by atoms with Crippen molar-refractivity contribution in [2.45, 2.75) is 146 Å². The molecule has 3 heterocycles. The Hall–Kier alpha value is -4.40. The van der Waals surface area contributed by atoms with Gasteiger partial charge in [0, 0.05) is 29.9 Å². The summed E-state index contributed by atoms with van der Waals surface area (Å²) >= 11 is 0. The number of pyridine rings is 1. The molecule has 2 N–H and O–H groups in total. The third kappa shape index (κ3) is 8.87. The number of nitrogens with one attached hydrogen (secondary N) is 2. The standard InChI is InChI=1S/C42H56N4O10S/c1-25-33(53-6)17-16-29-34(21-35(44-36(25)29)55-27-14-15-27)54-28-20-31-32(47)23-42(38(49)45-57(51,52)41(5)18-19-41)22-26(42)12-10-8-7-9-11-13-30(37(48)46(31)24-28)43-39(50)56-40(2,3)4/h10,12,16-17,21,26-28,30-31H,7-9,11,13-15,18-20,22-24H2,1-6H3,(H,43,50)(H,45,49)/b12-10-/t26-,28+,30-,31-,42+/m0/s1. The van der Waals surface area contributed by atoms with Gasteiger partial charge < -0.3 is 29.2 Å². The van der Waals surface area contributed by atoms with Gasteiger partial charge in [-0.1, -0.05) is 25.0 Å². The molecule has 57 heavy (non-hydrogen) atoms. The van der Waals surface area contributed by atoms with Gasteiger partial charge in [0.15, 0.2) is 5.78 Å². The van der Waals surface area contributed by atoms with Crippen LogP contribution in [0.4, 0.5) is 4.79 Å². The fraction of sp³-hybridized carbons (Fsp3) is 0.643. The van der Waals surface area contributed by atoms with Crippen LogP contribution in [0.3, 0.4) is 0 Å². The lowest BCUT2D eigenvalue weighted by molar-refractivity contribution is -0.140. The summed E-state index contributed by atoms with van der Waals surface area (Å²) in [5, 5.41) is 3.49. The van der Waals surface area contributed by atoms with Gasteiger partial charge in [0.05, 0.1) is 35.4 Å². The van der Waals surface area contributed by atoms with Crippen molar-refractivity contribution in [2.75, 3.05) is 13.7 Å². The molecule has 15 heteroatoms. The van der Waals surface area contributed by atoms with Gasteiger partial charge >= 0.3 is 6.09 Å². The highest BCUT2D eigenvalue weighted by atomic mass is 32.2. The Bertz CT molecular complexity index is 2070. The number of hydrogen-bond donors (Lipinski definition) is 2. The number of nitrogens with zero attached hydrogens (tertiary/aromatic N) is 2. The van der Waals surface area contributed by atoms with Gasteiger partial charge in [-0.2, -0.15) is 0 Å². The van der Waals surface area contributed by atoms with Crippen molar-refractivity contribution in [3.63, 3.8) is 0 Å². The number of methoxy groups -OCH3 is 1. The molecule has 2 aliphatic heterocycles. The number of aromatic nitrogens is 1. The summed E-state index contributed by atoms with van der Waals surface area (Å²) in [5.41, 5.74) is -0.640. The largest absolute Gasteiger partial charge is 0.496 e. The molecule has 4 fully saturated rings. The van der Waals surface area contributed by atoms with Crippen LogP contribution in [-0.2, 0) is 29.1 Å². The summed E-state index contributed by atoms with van der Waals surface area (Å²) in [6, 6.07) is 3.43. The second-order valence-corrected chi connectivity index (χ2v) is 20.0. The van der Waals surface area contributed by atoms with Crippen LogP contribution in [0.25, 0.3) is 10.9 Å². The molecule has 310 valence electrons. The van der Waals surface area contributed by atoms with Crippen LogP contribution in [-0.4, -0.2) is 90.3 Å². The highest BCUT2D eigenvalue weighted by molar-refractivity contribution is 7.91. The molecule has 1 aromatic heterocycles. The predicted molar refractivity (Wildman–Crippen MR) is 211 cm³/mol. The Labute approximate surface area is 334 Å². The van der Waals surface area contributed by atoms with E-state index in [2.05, 4.69) is 10.0 Å². The maximum atomic E-state index is 14.7. The SMILES string of the molecule is COc1ccc2c(O[C@@H]3C[C@H]4C(=O)C[C@]5(C(=O)NS(=O)(=O)C6(C)CC6)C[C@@H]5/C=C\CCCCC[C@H](NC(=O)OC(C)(C)C)C(=O)N4C3)cc(OC3CC3)nc2c1C. The highest BCUT2D eigenvalue weighted by Crippen LogP contribution is 2.57. The number of hydrogen-bond acceptors (Lipinski definition) is 11. The number of Topliss-reactive ketones (excluding diaryl/α,β-unsaturated/α-hetero) is 1. The Kier molecular flexibility index (Phi) is 11.0. The lowest BCUT2D eigenvalue weighted by Crippen LogP contribution is -2.53. The van der Waals surface area contributed by atoms with Crippen LogP contribution >= 0.6 is 0 Å². The first-order valence-electron chi connectivity index (χ1n) is 20.3. The zero-order valence-electron chi connectivity index (χ0n) is 33.9. The number of rotatable bonds is 9. The quantitative estimate of drug-likeness (QED) is 0.292. The number of aryl methyl sites for hydroxylation is 1.